The molecule has 0 aliphatic carbocycles. The topological polar surface area (TPSA) is 78.1 Å². The summed E-state index contributed by atoms with van der Waals surface area (Å²) in [6, 6.07) is 3.38. The minimum atomic E-state index is -0.600. The zero-order chi connectivity index (χ0) is 14.0. The number of amides is 1. The molecule has 1 amide bonds. The monoisotopic (exact) mass is 249 g/mol. The molecule has 1 aromatic rings. The first-order chi connectivity index (χ1) is 8.67. The van der Waals surface area contributed by atoms with Crippen LogP contribution >= 0.6 is 0 Å². The molecule has 0 aliphatic heterocycles. The largest absolute Gasteiger partial charge is 0.309 e. The third kappa shape index (κ3) is 5.27. The Kier molecular flexibility index (Phi) is 7.89. The van der Waals surface area contributed by atoms with Gasteiger partial charge in [0.2, 0.25) is 0 Å². The summed E-state index contributed by atoms with van der Waals surface area (Å²) in [6.45, 7) is 5.87. The summed E-state index contributed by atoms with van der Waals surface area (Å²) in [4.78, 5) is 10.7. The summed E-state index contributed by atoms with van der Waals surface area (Å²) in [5.74, 6) is -0.600. The molecule has 1 heterocycles. The van der Waals surface area contributed by atoms with Crippen molar-refractivity contribution in [2.75, 3.05) is 0 Å². The van der Waals surface area contributed by atoms with E-state index in [1.54, 1.807) is 29.1 Å². The Morgan fingerprint density at radius 3 is 2.67 bits per heavy atom. The Bertz CT molecular complexity index is 487. The van der Waals surface area contributed by atoms with Crippen LogP contribution < -0.4 is 11.0 Å². The van der Waals surface area contributed by atoms with Gasteiger partial charge >= 0.3 is 0 Å². The number of hydrogen-bond acceptors (Lipinski definition) is 3. The molecule has 0 aliphatic rings. The quantitative estimate of drug-likeness (QED) is 0.435. The van der Waals surface area contributed by atoms with Gasteiger partial charge in [0, 0.05) is 18.5 Å². The first-order valence-corrected chi connectivity index (χ1v) is 5.69. The summed E-state index contributed by atoms with van der Waals surface area (Å²) in [5, 5.41) is 16.0. The summed E-state index contributed by atoms with van der Waals surface area (Å²) in [7, 11) is 0. The SMILES string of the molecule is C/C=C/n1ccc(/C=C/C(=O)NO)cc1=N.CC. The van der Waals surface area contributed by atoms with Crippen molar-refractivity contribution in [1.29, 1.82) is 5.41 Å². The van der Waals surface area contributed by atoms with Crippen molar-refractivity contribution in [2.45, 2.75) is 20.8 Å². The van der Waals surface area contributed by atoms with Crippen molar-refractivity contribution in [3.63, 3.8) is 0 Å². The molecule has 0 saturated carbocycles. The molecular weight excluding hydrogens is 230 g/mol. The number of nitrogens with one attached hydrogen (secondary N) is 2. The number of nitrogens with zero attached hydrogens (tertiary/aromatic N) is 1. The van der Waals surface area contributed by atoms with E-state index in [1.807, 2.05) is 26.8 Å². The van der Waals surface area contributed by atoms with E-state index in [2.05, 4.69) is 0 Å². The predicted octanol–water partition coefficient (Wildman–Crippen LogP) is 2.00. The molecule has 0 aromatic carbocycles. The lowest BCUT2D eigenvalue weighted by atomic mass is 10.2. The van der Waals surface area contributed by atoms with E-state index < -0.39 is 5.91 Å². The van der Waals surface area contributed by atoms with Gasteiger partial charge in [0.15, 0.2) is 0 Å². The second-order valence-corrected chi connectivity index (χ2v) is 3.04. The van der Waals surface area contributed by atoms with Crippen LogP contribution in [0.15, 0.2) is 30.5 Å². The minimum absolute atomic E-state index is 0.310. The van der Waals surface area contributed by atoms with E-state index in [1.165, 1.54) is 17.6 Å². The zero-order valence-electron chi connectivity index (χ0n) is 10.8. The second-order valence-electron chi connectivity index (χ2n) is 3.04. The van der Waals surface area contributed by atoms with Gasteiger partial charge in [-0.2, -0.15) is 0 Å². The minimum Gasteiger partial charge on any atom is -0.309 e. The van der Waals surface area contributed by atoms with Crippen LogP contribution in [0.4, 0.5) is 0 Å². The van der Waals surface area contributed by atoms with Gasteiger partial charge in [-0.1, -0.05) is 19.9 Å². The normalized spacial score (nSPS) is 10.2. The second kappa shape index (κ2) is 8.95. The van der Waals surface area contributed by atoms with Gasteiger partial charge in [0.25, 0.3) is 5.91 Å². The Hall–Kier alpha value is -2.14. The average Bonchev–Trinajstić information content (AvgIpc) is 2.41. The molecular formula is C13H19N3O2. The van der Waals surface area contributed by atoms with Crippen molar-refractivity contribution in [1.82, 2.24) is 10.0 Å². The van der Waals surface area contributed by atoms with Gasteiger partial charge in [-0.05, 0) is 30.7 Å². The van der Waals surface area contributed by atoms with E-state index >= 15 is 0 Å². The Labute approximate surface area is 107 Å². The molecule has 98 valence electrons. The Morgan fingerprint density at radius 2 is 2.17 bits per heavy atom. The highest BCUT2D eigenvalue weighted by molar-refractivity contribution is 5.90. The third-order valence-electron chi connectivity index (χ3n) is 1.86. The molecule has 5 nitrogen and oxygen atoms in total. The lowest BCUT2D eigenvalue weighted by Crippen LogP contribution is -2.15. The molecule has 1 aromatic heterocycles. The zero-order valence-corrected chi connectivity index (χ0v) is 10.8. The number of aromatic nitrogens is 1. The summed E-state index contributed by atoms with van der Waals surface area (Å²) in [5.41, 5.74) is 2.52. The molecule has 1 rings (SSSR count). The molecule has 0 spiro atoms. The Morgan fingerprint density at radius 1 is 1.50 bits per heavy atom. The van der Waals surface area contributed by atoms with Crippen LogP contribution in [-0.4, -0.2) is 15.7 Å². The highest BCUT2D eigenvalue weighted by Crippen LogP contribution is 1.98. The number of carbonyl (C=O) groups excluding carboxylic acids is 1. The maximum Gasteiger partial charge on any atom is 0.267 e. The maximum absolute atomic E-state index is 10.7. The average molecular weight is 249 g/mol. The van der Waals surface area contributed by atoms with Crippen molar-refractivity contribution in [3.05, 3.63) is 41.5 Å². The number of rotatable bonds is 3. The van der Waals surface area contributed by atoms with Crippen molar-refractivity contribution >= 4 is 18.2 Å². The lowest BCUT2D eigenvalue weighted by molar-refractivity contribution is -0.124. The maximum atomic E-state index is 10.7. The van der Waals surface area contributed by atoms with E-state index in [0.717, 1.165) is 0 Å². The third-order valence-corrected chi connectivity index (χ3v) is 1.86. The van der Waals surface area contributed by atoms with Gasteiger partial charge in [-0.25, -0.2) is 5.48 Å². The van der Waals surface area contributed by atoms with Gasteiger partial charge in [0.1, 0.15) is 5.49 Å². The van der Waals surface area contributed by atoms with Crippen LogP contribution in [-0.2, 0) is 4.79 Å². The van der Waals surface area contributed by atoms with Gasteiger partial charge in [0.05, 0.1) is 0 Å². The fourth-order valence-corrected chi connectivity index (χ4v) is 1.13. The van der Waals surface area contributed by atoms with E-state index in [0.29, 0.717) is 11.1 Å². The van der Waals surface area contributed by atoms with E-state index in [9.17, 15) is 4.79 Å². The first kappa shape index (κ1) is 15.9. The molecule has 0 fully saturated rings. The van der Waals surface area contributed by atoms with E-state index in [-0.39, 0.29) is 0 Å². The standard InChI is InChI=1S/C11H13N3O2.C2H6/c1-2-6-14-7-5-9(8-10(14)12)3-4-11(15)13-16;1-2/h2-8,12,16H,1H3,(H,13,15);1-2H3/b4-3+,6-2+,12-10?;. The molecule has 0 unspecified atom stereocenters. The highest BCUT2D eigenvalue weighted by atomic mass is 16.5. The number of pyridine rings is 1. The van der Waals surface area contributed by atoms with Crippen LogP contribution in [0.2, 0.25) is 0 Å². The van der Waals surface area contributed by atoms with Crippen LogP contribution in [0.3, 0.4) is 0 Å². The fraction of sp³-hybridized carbons (Fsp3) is 0.231. The van der Waals surface area contributed by atoms with Gasteiger partial charge < -0.3 is 4.57 Å². The van der Waals surface area contributed by atoms with Crippen molar-refractivity contribution in [3.8, 4) is 0 Å². The molecule has 3 N–H and O–H groups in total. The summed E-state index contributed by atoms with van der Waals surface area (Å²) >= 11 is 0. The molecule has 0 saturated heterocycles. The number of hydrogen-bond donors (Lipinski definition) is 3. The number of allylic oxidation sites excluding steroid dienone is 1. The molecule has 0 bridgehead atoms. The fourth-order valence-electron chi connectivity index (χ4n) is 1.13. The van der Waals surface area contributed by atoms with Gasteiger partial charge in [-0.3, -0.25) is 15.4 Å². The van der Waals surface area contributed by atoms with Gasteiger partial charge in [-0.15, -0.1) is 0 Å². The smallest absolute Gasteiger partial charge is 0.267 e. The molecule has 5 heteroatoms. The number of carbonyl (C=O) groups is 1. The van der Waals surface area contributed by atoms with Crippen molar-refractivity contribution in [2.24, 2.45) is 0 Å². The highest BCUT2D eigenvalue weighted by Gasteiger charge is 1.92. The predicted molar refractivity (Wildman–Crippen MR) is 71.6 cm³/mol. The number of hydroxylamine groups is 1. The van der Waals surface area contributed by atoms with Crippen LogP contribution in [0, 0.1) is 5.41 Å². The van der Waals surface area contributed by atoms with E-state index in [4.69, 9.17) is 10.6 Å². The summed E-state index contributed by atoms with van der Waals surface area (Å²) < 4.78 is 1.64. The molecule has 0 radical (unpaired) electrons. The summed E-state index contributed by atoms with van der Waals surface area (Å²) in [6.07, 6.45) is 8.01. The Balaban J connectivity index is 0.00000137. The molecule has 18 heavy (non-hydrogen) atoms. The van der Waals surface area contributed by atoms with Crippen LogP contribution in [0.1, 0.15) is 26.3 Å². The first-order valence-electron chi connectivity index (χ1n) is 5.69. The lowest BCUT2D eigenvalue weighted by Gasteiger charge is -2.00. The van der Waals surface area contributed by atoms with Crippen LogP contribution in [0.25, 0.3) is 12.3 Å². The molecule has 0 atom stereocenters. The van der Waals surface area contributed by atoms with Crippen molar-refractivity contribution < 1.29 is 10.0 Å². The van der Waals surface area contributed by atoms with Crippen LogP contribution in [0.5, 0.6) is 0 Å².